The normalized spacial score (nSPS) is 12.3. The van der Waals surface area contributed by atoms with Gasteiger partial charge in [0.25, 0.3) is 5.91 Å². The molecule has 1 amide bonds. The van der Waals surface area contributed by atoms with Crippen molar-refractivity contribution in [1.29, 1.82) is 0 Å². The first-order valence-corrected chi connectivity index (χ1v) is 5.98. The quantitative estimate of drug-likeness (QED) is 0.812. The van der Waals surface area contributed by atoms with Crippen molar-refractivity contribution >= 4 is 17.5 Å². The first-order valence-electron chi connectivity index (χ1n) is 5.44. The highest BCUT2D eigenvalue weighted by molar-refractivity contribution is 6.17. The zero-order valence-corrected chi connectivity index (χ0v) is 10.6. The van der Waals surface area contributed by atoms with Crippen molar-refractivity contribution in [3.8, 4) is 5.75 Å². The Hall–Kier alpha value is -1.36. The van der Waals surface area contributed by atoms with Gasteiger partial charge in [0.15, 0.2) is 0 Å². The largest absolute Gasteiger partial charge is 0.435 e. The highest BCUT2D eigenvalue weighted by Crippen LogP contribution is 2.15. The molecule has 0 radical (unpaired) electrons. The molecule has 0 aliphatic rings. The Morgan fingerprint density at radius 1 is 1.39 bits per heavy atom. The predicted octanol–water partition coefficient (Wildman–Crippen LogP) is 3.04. The van der Waals surface area contributed by atoms with Crippen LogP contribution in [0.3, 0.4) is 0 Å². The van der Waals surface area contributed by atoms with Crippen LogP contribution in [-0.2, 0) is 0 Å². The SMILES string of the molecule is CC(CCCl)NC(=O)c1ccc(OC(F)F)cc1. The number of nitrogens with one attached hydrogen (secondary N) is 1. The average Bonchev–Trinajstić information content (AvgIpc) is 2.29. The fraction of sp³-hybridized carbons (Fsp3) is 0.417. The van der Waals surface area contributed by atoms with Gasteiger partial charge < -0.3 is 10.1 Å². The number of halogens is 3. The lowest BCUT2D eigenvalue weighted by Crippen LogP contribution is -2.32. The van der Waals surface area contributed by atoms with Gasteiger partial charge in [-0.3, -0.25) is 4.79 Å². The van der Waals surface area contributed by atoms with Crippen LogP contribution in [0.1, 0.15) is 23.7 Å². The number of ether oxygens (including phenoxy) is 1. The van der Waals surface area contributed by atoms with E-state index in [-0.39, 0.29) is 17.7 Å². The van der Waals surface area contributed by atoms with Crippen molar-refractivity contribution in [3.05, 3.63) is 29.8 Å². The van der Waals surface area contributed by atoms with Crippen molar-refractivity contribution in [1.82, 2.24) is 5.32 Å². The van der Waals surface area contributed by atoms with E-state index < -0.39 is 6.61 Å². The molecule has 0 aliphatic heterocycles. The van der Waals surface area contributed by atoms with Gasteiger partial charge >= 0.3 is 6.61 Å². The Balaban J connectivity index is 2.59. The molecule has 1 aromatic rings. The molecule has 0 spiro atoms. The van der Waals surface area contributed by atoms with Crippen LogP contribution in [0.4, 0.5) is 8.78 Å². The van der Waals surface area contributed by atoms with E-state index in [1.54, 1.807) is 0 Å². The van der Waals surface area contributed by atoms with Crippen molar-refractivity contribution in [3.63, 3.8) is 0 Å². The van der Waals surface area contributed by atoms with Gasteiger partial charge in [-0.2, -0.15) is 8.78 Å². The van der Waals surface area contributed by atoms with Gasteiger partial charge in [-0.05, 0) is 37.6 Å². The van der Waals surface area contributed by atoms with Crippen LogP contribution in [0.25, 0.3) is 0 Å². The third-order valence-electron chi connectivity index (χ3n) is 2.26. The Bertz CT molecular complexity index is 384. The molecule has 100 valence electrons. The second kappa shape index (κ2) is 7.16. The van der Waals surface area contributed by atoms with Gasteiger partial charge in [-0.1, -0.05) is 0 Å². The molecule has 0 aliphatic carbocycles. The maximum Gasteiger partial charge on any atom is 0.387 e. The van der Waals surface area contributed by atoms with E-state index in [4.69, 9.17) is 11.6 Å². The lowest BCUT2D eigenvalue weighted by Gasteiger charge is -2.12. The van der Waals surface area contributed by atoms with Gasteiger partial charge in [0.1, 0.15) is 5.75 Å². The number of benzene rings is 1. The van der Waals surface area contributed by atoms with Crippen LogP contribution in [0.15, 0.2) is 24.3 Å². The maximum absolute atomic E-state index is 11.9. The second-order valence-electron chi connectivity index (χ2n) is 3.76. The highest BCUT2D eigenvalue weighted by atomic mass is 35.5. The van der Waals surface area contributed by atoms with E-state index >= 15 is 0 Å². The average molecular weight is 278 g/mol. The molecule has 1 atom stereocenters. The van der Waals surface area contributed by atoms with Gasteiger partial charge in [-0.15, -0.1) is 11.6 Å². The number of hydrogen-bond acceptors (Lipinski definition) is 2. The minimum absolute atomic E-state index is 0.0235. The minimum Gasteiger partial charge on any atom is -0.435 e. The standard InChI is InChI=1S/C12H14ClF2NO2/c1-8(6-7-13)16-11(17)9-2-4-10(5-3-9)18-12(14)15/h2-5,8,12H,6-7H2,1H3,(H,16,17). The molecule has 1 rings (SSSR count). The van der Waals surface area contributed by atoms with E-state index in [1.807, 2.05) is 6.92 Å². The summed E-state index contributed by atoms with van der Waals surface area (Å²) in [6.45, 7) is -1.03. The Morgan fingerprint density at radius 3 is 2.50 bits per heavy atom. The number of hydrogen-bond donors (Lipinski definition) is 1. The topological polar surface area (TPSA) is 38.3 Å². The van der Waals surface area contributed by atoms with E-state index in [2.05, 4.69) is 10.1 Å². The monoisotopic (exact) mass is 277 g/mol. The van der Waals surface area contributed by atoms with Crippen molar-refractivity contribution in [2.24, 2.45) is 0 Å². The second-order valence-corrected chi connectivity index (χ2v) is 4.13. The predicted molar refractivity (Wildman–Crippen MR) is 65.3 cm³/mol. The third-order valence-corrected chi connectivity index (χ3v) is 2.48. The van der Waals surface area contributed by atoms with Crippen molar-refractivity contribution in [2.75, 3.05) is 5.88 Å². The molecule has 1 unspecified atom stereocenters. The molecule has 6 heteroatoms. The van der Waals surface area contributed by atoms with Crippen LogP contribution in [0, 0.1) is 0 Å². The molecule has 18 heavy (non-hydrogen) atoms. The summed E-state index contributed by atoms with van der Waals surface area (Å²) in [4.78, 5) is 11.7. The number of amides is 1. The smallest absolute Gasteiger partial charge is 0.387 e. The lowest BCUT2D eigenvalue weighted by atomic mass is 10.2. The van der Waals surface area contributed by atoms with Gasteiger partial charge in [0, 0.05) is 17.5 Å². The lowest BCUT2D eigenvalue weighted by molar-refractivity contribution is -0.0498. The Kier molecular flexibility index (Phi) is 5.85. The van der Waals surface area contributed by atoms with Gasteiger partial charge in [0.05, 0.1) is 0 Å². The van der Waals surface area contributed by atoms with Crippen LogP contribution in [0.2, 0.25) is 0 Å². The van der Waals surface area contributed by atoms with E-state index in [0.717, 1.165) is 0 Å². The number of carbonyl (C=O) groups is 1. The zero-order valence-electron chi connectivity index (χ0n) is 9.83. The summed E-state index contributed by atoms with van der Waals surface area (Å²) in [5.41, 5.74) is 0.387. The van der Waals surface area contributed by atoms with Crippen LogP contribution in [0.5, 0.6) is 5.75 Å². The molecule has 1 N–H and O–H groups in total. The first-order chi connectivity index (χ1) is 8.52. The zero-order chi connectivity index (χ0) is 13.5. The number of carbonyl (C=O) groups excluding carboxylic acids is 1. The molecule has 0 bridgehead atoms. The Morgan fingerprint density at radius 2 is 2.00 bits per heavy atom. The van der Waals surface area contributed by atoms with Crippen LogP contribution < -0.4 is 10.1 Å². The maximum atomic E-state index is 11.9. The Labute approximate surface area is 109 Å². The summed E-state index contributed by atoms with van der Waals surface area (Å²) in [7, 11) is 0. The minimum atomic E-state index is -2.87. The van der Waals surface area contributed by atoms with E-state index in [1.165, 1.54) is 24.3 Å². The third kappa shape index (κ3) is 4.87. The van der Waals surface area contributed by atoms with Crippen LogP contribution >= 0.6 is 11.6 Å². The summed E-state index contributed by atoms with van der Waals surface area (Å²) in [6, 6.07) is 5.48. The molecule has 0 heterocycles. The first kappa shape index (κ1) is 14.7. The molecule has 0 fully saturated rings. The summed E-state index contributed by atoms with van der Waals surface area (Å²) in [6.07, 6.45) is 0.667. The van der Waals surface area contributed by atoms with Crippen molar-refractivity contribution < 1.29 is 18.3 Å². The number of rotatable bonds is 6. The number of alkyl halides is 3. The summed E-state index contributed by atoms with van der Waals surface area (Å²) in [5, 5.41) is 2.74. The summed E-state index contributed by atoms with van der Waals surface area (Å²) in [5.74, 6) is 0.217. The molecular weight excluding hydrogens is 264 g/mol. The molecule has 0 saturated carbocycles. The van der Waals surface area contributed by atoms with Crippen molar-refractivity contribution in [2.45, 2.75) is 26.0 Å². The molecule has 1 aromatic carbocycles. The molecule has 0 saturated heterocycles. The van der Waals surface area contributed by atoms with E-state index in [0.29, 0.717) is 17.9 Å². The fourth-order valence-electron chi connectivity index (χ4n) is 1.33. The van der Waals surface area contributed by atoms with Crippen LogP contribution in [-0.4, -0.2) is 24.4 Å². The van der Waals surface area contributed by atoms with E-state index in [9.17, 15) is 13.6 Å². The molecule has 0 aromatic heterocycles. The highest BCUT2D eigenvalue weighted by Gasteiger charge is 2.10. The summed E-state index contributed by atoms with van der Waals surface area (Å²) < 4.78 is 28.0. The van der Waals surface area contributed by atoms with Gasteiger partial charge in [0.2, 0.25) is 0 Å². The fourth-order valence-corrected chi connectivity index (χ4v) is 1.66. The molecule has 3 nitrogen and oxygen atoms in total. The molecular formula is C12H14ClF2NO2. The summed E-state index contributed by atoms with van der Waals surface area (Å²) >= 11 is 5.56. The van der Waals surface area contributed by atoms with Gasteiger partial charge in [-0.25, -0.2) is 0 Å².